The number of carbonyl (C=O) groups is 2. The van der Waals surface area contributed by atoms with Crippen LogP contribution >= 0.6 is 0 Å². The van der Waals surface area contributed by atoms with E-state index in [1.54, 1.807) is 5.32 Å². The maximum Gasteiger partial charge on any atom is 0.471 e. The van der Waals surface area contributed by atoms with Gasteiger partial charge in [-0.1, -0.05) is 20.8 Å². The third-order valence-corrected chi connectivity index (χ3v) is 4.08. The number of hydrogen-bond acceptors (Lipinski definition) is 2. The highest BCUT2D eigenvalue weighted by atomic mass is 19.4. The van der Waals surface area contributed by atoms with Crippen molar-refractivity contribution in [2.24, 2.45) is 11.3 Å². The predicted octanol–water partition coefficient (Wildman–Crippen LogP) is 2.72. The molecular weight excluding hydrogens is 275 g/mol. The minimum absolute atomic E-state index is 0.0199. The van der Waals surface area contributed by atoms with Gasteiger partial charge in [0.25, 0.3) is 0 Å². The van der Waals surface area contributed by atoms with E-state index in [0.29, 0.717) is 12.8 Å². The van der Waals surface area contributed by atoms with E-state index in [4.69, 9.17) is 0 Å². The topological polar surface area (TPSA) is 66.4 Å². The number of aliphatic carboxylic acids is 1. The fourth-order valence-electron chi connectivity index (χ4n) is 2.66. The molecule has 20 heavy (non-hydrogen) atoms. The van der Waals surface area contributed by atoms with Gasteiger partial charge in [0.1, 0.15) is 5.54 Å². The van der Waals surface area contributed by atoms with Crippen LogP contribution in [0.3, 0.4) is 0 Å². The molecule has 0 heterocycles. The predicted molar refractivity (Wildman–Crippen MR) is 66.0 cm³/mol. The lowest BCUT2D eigenvalue weighted by Crippen LogP contribution is -2.59. The molecule has 1 aliphatic carbocycles. The number of carboxylic acids is 1. The lowest BCUT2D eigenvalue weighted by atomic mass is 9.67. The average Bonchev–Trinajstić information content (AvgIpc) is 2.26. The van der Waals surface area contributed by atoms with E-state index in [9.17, 15) is 27.9 Å². The van der Waals surface area contributed by atoms with Gasteiger partial charge in [0, 0.05) is 0 Å². The molecule has 4 nitrogen and oxygen atoms in total. The van der Waals surface area contributed by atoms with E-state index in [1.807, 2.05) is 20.8 Å². The Bertz CT molecular complexity index is 391. The fourth-order valence-corrected chi connectivity index (χ4v) is 2.66. The van der Waals surface area contributed by atoms with Gasteiger partial charge in [-0.2, -0.15) is 13.2 Å². The van der Waals surface area contributed by atoms with Crippen LogP contribution in [0.25, 0.3) is 0 Å². The van der Waals surface area contributed by atoms with Crippen LogP contribution in [0.2, 0.25) is 0 Å². The van der Waals surface area contributed by atoms with Crippen molar-refractivity contribution in [1.29, 1.82) is 0 Å². The standard InChI is InChI=1S/C13H20F3NO3/c1-11(2,3)8-4-6-12(7-5-8,10(19)20)17-9(18)13(14,15)16/h8H,4-7H2,1-3H3,(H,17,18)(H,19,20). The number of nitrogens with one attached hydrogen (secondary N) is 1. The van der Waals surface area contributed by atoms with Gasteiger partial charge in [-0.15, -0.1) is 0 Å². The van der Waals surface area contributed by atoms with Crippen LogP contribution in [0, 0.1) is 11.3 Å². The highest BCUT2D eigenvalue weighted by Gasteiger charge is 2.50. The third kappa shape index (κ3) is 3.64. The first kappa shape index (κ1) is 16.8. The molecule has 0 radical (unpaired) electrons. The molecule has 2 N–H and O–H groups in total. The van der Waals surface area contributed by atoms with Crippen molar-refractivity contribution in [3.8, 4) is 0 Å². The number of carbonyl (C=O) groups excluding carboxylic acids is 1. The summed E-state index contributed by atoms with van der Waals surface area (Å²) < 4.78 is 36.9. The second-order valence-electron chi connectivity index (χ2n) is 6.48. The zero-order valence-electron chi connectivity index (χ0n) is 11.8. The van der Waals surface area contributed by atoms with Crippen LogP contribution < -0.4 is 5.32 Å². The summed E-state index contributed by atoms with van der Waals surface area (Å²) in [5.41, 5.74) is -1.83. The molecule has 1 aliphatic rings. The van der Waals surface area contributed by atoms with E-state index in [0.717, 1.165) is 0 Å². The molecule has 0 aromatic rings. The molecule has 1 fully saturated rings. The molecule has 0 bridgehead atoms. The largest absolute Gasteiger partial charge is 0.480 e. The number of hydrogen-bond donors (Lipinski definition) is 2. The van der Waals surface area contributed by atoms with E-state index in [2.05, 4.69) is 0 Å². The summed E-state index contributed by atoms with van der Waals surface area (Å²) in [6.45, 7) is 6.04. The first-order valence-electron chi connectivity index (χ1n) is 6.51. The Morgan fingerprint density at radius 1 is 1.15 bits per heavy atom. The maximum absolute atomic E-state index is 12.3. The highest BCUT2D eigenvalue weighted by molar-refractivity contribution is 5.89. The highest BCUT2D eigenvalue weighted by Crippen LogP contribution is 2.41. The first-order valence-corrected chi connectivity index (χ1v) is 6.51. The van der Waals surface area contributed by atoms with E-state index < -0.39 is 23.6 Å². The molecule has 1 saturated carbocycles. The molecule has 116 valence electrons. The SMILES string of the molecule is CC(C)(C)C1CCC(NC(=O)C(F)(F)F)(C(=O)O)CC1. The van der Waals surface area contributed by atoms with Crippen LogP contribution in [0.4, 0.5) is 13.2 Å². The average molecular weight is 295 g/mol. The van der Waals surface area contributed by atoms with Crippen molar-refractivity contribution in [1.82, 2.24) is 5.32 Å². The van der Waals surface area contributed by atoms with Crippen molar-refractivity contribution in [3.05, 3.63) is 0 Å². The van der Waals surface area contributed by atoms with Gasteiger partial charge >= 0.3 is 18.1 Å². The monoisotopic (exact) mass is 295 g/mol. The number of amides is 1. The van der Waals surface area contributed by atoms with Crippen LogP contribution in [-0.2, 0) is 9.59 Å². The van der Waals surface area contributed by atoms with Gasteiger partial charge in [0.05, 0.1) is 0 Å². The zero-order valence-corrected chi connectivity index (χ0v) is 11.8. The number of alkyl halides is 3. The van der Waals surface area contributed by atoms with Crippen LogP contribution in [0.5, 0.6) is 0 Å². The van der Waals surface area contributed by atoms with Gasteiger partial charge < -0.3 is 10.4 Å². The molecule has 0 aromatic carbocycles. The zero-order chi connectivity index (χ0) is 15.8. The van der Waals surface area contributed by atoms with Crippen molar-refractivity contribution in [2.75, 3.05) is 0 Å². The van der Waals surface area contributed by atoms with Gasteiger partial charge in [-0.25, -0.2) is 4.79 Å². The number of carboxylic acid groups (broad SMARTS) is 1. The van der Waals surface area contributed by atoms with Crippen molar-refractivity contribution >= 4 is 11.9 Å². The Morgan fingerprint density at radius 3 is 1.90 bits per heavy atom. The molecule has 7 heteroatoms. The van der Waals surface area contributed by atoms with E-state index >= 15 is 0 Å². The van der Waals surface area contributed by atoms with Gasteiger partial charge in [-0.3, -0.25) is 4.79 Å². The molecule has 0 atom stereocenters. The minimum atomic E-state index is -5.07. The summed E-state index contributed by atoms with van der Waals surface area (Å²) in [5.74, 6) is -3.35. The van der Waals surface area contributed by atoms with Crippen molar-refractivity contribution in [3.63, 3.8) is 0 Å². The summed E-state index contributed by atoms with van der Waals surface area (Å²) in [6, 6.07) is 0. The summed E-state index contributed by atoms with van der Waals surface area (Å²) in [4.78, 5) is 22.3. The second kappa shape index (κ2) is 5.26. The van der Waals surface area contributed by atoms with Gasteiger partial charge in [0.15, 0.2) is 0 Å². The fraction of sp³-hybridized carbons (Fsp3) is 0.846. The Balaban J connectivity index is 2.83. The Morgan fingerprint density at radius 2 is 1.60 bits per heavy atom. The summed E-state index contributed by atoms with van der Waals surface area (Å²) in [5, 5.41) is 10.9. The van der Waals surface area contributed by atoms with Crippen LogP contribution in [0.1, 0.15) is 46.5 Å². The quantitative estimate of drug-likeness (QED) is 0.823. The van der Waals surface area contributed by atoms with Crippen molar-refractivity contribution < 1.29 is 27.9 Å². The number of halogens is 3. The normalized spacial score (nSPS) is 28.0. The number of rotatable bonds is 2. The third-order valence-electron chi connectivity index (χ3n) is 4.08. The van der Waals surface area contributed by atoms with Gasteiger partial charge in [-0.05, 0) is 37.0 Å². The summed E-state index contributed by atoms with van der Waals surface area (Å²) in [6.07, 6.45) is -4.07. The molecule has 0 saturated heterocycles. The van der Waals surface area contributed by atoms with Crippen LogP contribution in [-0.4, -0.2) is 28.7 Å². The second-order valence-corrected chi connectivity index (χ2v) is 6.48. The van der Waals surface area contributed by atoms with Crippen molar-refractivity contribution in [2.45, 2.75) is 58.2 Å². The van der Waals surface area contributed by atoms with E-state index in [-0.39, 0.29) is 24.2 Å². The molecule has 0 unspecified atom stereocenters. The summed E-state index contributed by atoms with van der Waals surface area (Å²) in [7, 11) is 0. The maximum atomic E-state index is 12.3. The molecule has 1 rings (SSSR count). The lowest BCUT2D eigenvalue weighted by molar-refractivity contribution is -0.178. The van der Waals surface area contributed by atoms with Crippen LogP contribution in [0.15, 0.2) is 0 Å². The first-order chi connectivity index (χ1) is 8.88. The van der Waals surface area contributed by atoms with E-state index in [1.165, 1.54) is 0 Å². The Labute approximate surface area is 115 Å². The molecule has 0 spiro atoms. The molecule has 1 amide bonds. The molecule has 0 aliphatic heterocycles. The Hall–Kier alpha value is -1.27. The Kier molecular flexibility index (Phi) is 4.41. The molecule has 0 aromatic heterocycles. The minimum Gasteiger partial charge on any atom is -0.480 e. The summed E-state index contributed by atoms with van der Waals surface area (Å²) >= 11 is 0. The lowest BCUT2D eigenvalue weighted by Gasteiger charge is -2.42. The van der Waals surface area contributed by atoms with Gasteiger partial charge in [0.2, 0.25) is 0 Å². The smallest absolute Gasteiger partial charge is 0.471 e. The molecular formula is C13H20F3NO3.